The summed E-state index contributed by atoms with van der Waals surface area (Å²) < 4.78 is 30.4. The molecule has 2 heterocycles. The summed E-state index contributed by atoms with van der Waals surface area (Å²) in [7, 11) is 0. The van der Waals surface area contributed by atoms with Crippen molar-refractivity contribution in [3.05, 3.63) is 47.0 Å². The molecule has 0 atom stereocenters. The van der Waals surface area contributed by atoms with Crippen LogP contribution in [0.15, 0.2) is 24.5 Å². The zero-order chi connectivity index (χ0) is 16.7. The van der Waals surface area contributed by atoms with Crippen LogP contribution in [-0.2, 0) is 0 Å². The Labute approximate surface area is 142 Å². The van der Waals surface area contributed by atoms with Crippen LogP contribution in [0.2, 0.25) is 5.15 Å². The monoisotopic (exact) mass is 348 g/mol. The number of halogens is 3. The molecule has 1 saturated carbocycles. The SMILES string of the molecule is Fc1cccc(F)c1-c1c(Cl)nc2ncnn2c1C1CCCCC1. The Morgan fingerprint density at radius 2 is 1.75 bits per heavy atom. The zero-order valence-electron chi connectivity index (χ0n) is 12.8. The van der Waals surface area contributed by atoms with Crippen molar-refractivity contribution in [2.24, 2.45) is 0 Å². The molecule has 1 aromatic carbocycles. The van der Waals surface area contributed by atoms with Crippen LogP contribution in [-0.4, -0.2) is 19.6 Å². The lowest BCUT2D eigenvalue weighted by atomic mass is 9.84. The largest absolute Gasteiger partial charge is 0.253 e. The van der Waals surface area contributed by atoms with E-state index in [2.05, 4.69) is 15.1 Å². The smallest absolute Gasteiger partial charge is 0.206 e. The van der Waals surface area contributed by atoms with Gasteiger partial charge in [-0.25, -0.2) is 13.3 Å². The van der Waals surface area contributed by atoms with Crippen LogP contribution in [0, 0.1) is 11.6 Å². The van der Waals surface area contributed by atoms with Gasteiger partial charge in [-0.2, -0.15) is 15.1 Å². The van der Waals surface area contributed by atoms with Gasteiger partial charge in [0.2, 0.25) is 0 Å². The van der Waals surface area contributed by atoms with E-state index in [4.69, 9.17) is 11.6 Å². The van der Waals surface area contributed by atoms with Crippen LogP contribution in [0.4, 0.5) is 8.78 Å². The van der Waals surface area contributed by atoms with Gasteiger partial charge in [-0.15, -0.1) is 0 Å². The second-order valence-corrected chi connectivity index (χ2v) is 6.42. The topological polar surface area (TPSA) is 43.1 Å². The third-order valence-corrected chi connectivity index (χ3v) is 4.90. The van der Waals surface area contributed by atoms with Crippen molar-refractivity contribution >= 4 is 17.4 Å². The molecule has 0 unspecified atom stereocenters. The van der Waals surface area contributed by atoms with Crippen LogP contribution < -0.4 is 0 Å². The normalized spacial score (nSPS) is 16.0. The first-order chi connectivity index (χ1) is 11.7. The molecule has 24 heavy (non-hydrogen) atoms. The highest BCUT2D eigenvalue weighted by molar-refractivity contribution is 6.32. The Hall–Kier alpha value is -2.08. The van der Waals surface area contributed by atoms with Crippen LogP contribution in [0.5, 0.6) is 0 Å². The van der Waals surface area contributed by atoms with Gasteiger partial charge in [-0.3, -0.25) is 0 Å². The summed E-state index contributed by atoms with van der Waals surface area (Å²) in [4.78, 5) is 8.25. The van der Waals surface area contributed by atoms with Crippen LogP contribution in [0.1, 0.15) is 43.7 Å². The van der Waals surface area contributed by atoms with Crippen molar-refractivity contribution < 1.29 is 8.78 Å². The summed E-state index contributed by atoms with van der Waals surface area (Å²) >= 11 is 6.34. The van der Waals surface area contributed by atoms with Crippen LogP contribution >= 0.6 is 11.6 Å². The fraction of sp³-hybridized carbons (Fsp3) is 0.353. The third kappa shape index (κ3) is 2.45. The molecule has 2 aromatic heterocycles. The van der Waals surface area contributed by atoms with Crippen molar-refractivity contribution in [2.45, 2.75) is 38.0 Å². The van der Waals surface area contributed by atoms with E-state index in [0.29, 0.717) is 11.5 Å². The summed E-state index contributed by atoms with van der Waals surface area (Å²) in [5.74, 6) is -0.844. The fourth-order valence-electron chi connectivity index (χ4n) is 3.56. The lowest BCUT2D eigenvalue weighted by molar-refractivity contribution is 0.431. The lowest BCUT2D eigenvalue weighted by Crippen LogP contribution is -2.14. The maximum Gasteiger partial charge on any atom is 0.253 e. The van der Waals surface area contributed by atoms with Gasteiger partial charge in [-0.1, -0.05) is 36.9 Å². The highest BCUT2D eigenvalue weighted by Gasteiger charge is 2.28. The molecule has 3 aromatic rings. The predicted octanol–water partition coefficient (Wildman–Crippen LogP) is 4.77. The van der Waals surface area contributed by atoms with Crippen LogP contribution in [0.25, 0.3) is 16.9 Å². The highest BCUT2D eigenvalue weighted by atomic mass is 35.5. The van der Waals surface area contributed by atoms with Gasteiger partial charge in [0.1, 0.15) is 23.1 Å². The number of rotatable bonds is 2. The zero-order valence-corrected chi connectivity index (χ0v) is 13.6. The Balaban J connectivity index is 2.05. The molecule has 0 aliphatic heterocycles. The number of fused-ring (bicyclic) bond motifs is 1. The molecule has 124 valence electrons. The molecule has 0 spiro atoms. The van der Waals surface area contributed by atoms with Crippen LogP contribution in [0.3, 0.4) is 0 Å². The molecule has 1 fully saturated rings. The van der Waals surface area contributed by atoms with E-state index in [1.165, 1.54) is 30.9 Å². The average molecular weight is 349 g/mol. The van der Waals surface area contributed by atoms with Gasteiger partial charge in [-0.05, 0) is 25.0 Å². The predicted molar refractivity (Wildman–Crippen MR) is 87.0 cm³/mol. The lowest BCUT2D eigenvalue weighted by Gasteiger charge is -2.25. The van der Waals surface area contributed by atoms with Crippen molar-refractivity contribution in [2.75, 3.05) is 0 Å². The Morgan fingerprint density at radius 1 is 1.04 bits per heavy atom. The molecule has 4 nitrogen and oxygen atoms in total. The fourth-order valence-corrected chi connectivity index (χ4v) is 3.82. The first-order valence-corrected chi connectivity index (χ1v) is 8.38. The molecule has 0 saturated heterocycles. The first kappa shape index (κ1) is 15.4. The molecular weight excluding hydrogens is 334 g/mol. The van der Waals surface area contributed by atoms with Gasteiger partial charge >= 0.3 is 0 Å². The van der Waals surface area contributed by atoms with E-state index in [1.807, 2.05) is 0 Å². The number of nitrogens with zero attached hydrogens (tertiary/aromatic N) is 4. The molecule has 0 bridgehead atoms. The van der Waals surface area contributed by atoms with Crippen molar-refractivity contribution in [1.82, 2.24) is 19.6 Å². The quantitative estimate of drug-likeness (QED) is 0.626. The standard InChI is InChI=1S/C17H15ClF2N4/c18-16-14(13-11(19)7-4-8-12(13)20)15(10-5-2-1-3-6-10)24-17(23-16)21-9-22-24/h4,7-10H,1-3,5-6H2. The number of benzene rings is 1. The van der Waals surface area contributed by atoms with Gasteiger partial charge < -0.3 is 0 Å². The second kappa shape index (κ2) is 6.09. The van der Waals surface area contributed by atoms with E-state index < -0.39 is 11.6 Å². The molecule has 7 heteroatoms. The average Bonchev–Trinajstić information content (AvgIpc) is 3.03. The van der Waals surface area contributed by atoms with E-state index >= 15 is 0 Å². The first-order valence-electron chi connectivity index (χ1n) is 8.00. The maximum absolute atomic E-state index is 14.4. The van der Waals surface area contributed by atoms with Gasteiger partial charge in [0.05, 0.1) is 11.3 Å². The van der Waals surface area contributed by atoms with Gasteiger partial charge in [0, 0.05) is 11.5 Å². The maximum atomic E-state index is 14.4. The molecular formula is C17H15ClF2N4. The summed E-state index contributed by atoms with van der Waals surface area (Å²) in [6.45, 7) is 0. The van der Waals surface area contributed by atoms with E-state index in [1.54, 1.807) is 4.52 Å². The number of aromatic nitrogens is 4. The van der Waals surface area contributed by atoms with Gasteiger partial charge in [0.15, 0.2) is 0 Å². The summed E-state index contributed by atoms with van der Waals surface area (Å²) in [6.07, 6.45) is 6.54. The molecule has 0 N–H and O–H groups in total. The molecule has 0 amide bonds. The Morgan fingerprint density at radius 3 is 2.46 bits per heavy atom. The summed E-state index contributed by atoms with van der Waals surface area (Å²) in [5, 5.41) is 4.28. The molecule has 1 aliphatic rings. The van der Waals surface area contributed by atoms with E-state index in [0.717, 1.165) is 25.7 Å². The highest BCUT2D eigenvalue weighted by Crippen LogP contribution is 2.42. The Bertz CT molecular complexity index is 883. The second-order valence-electron chi connectivity index (χ2n) is 6.07. The van der Waals surface area contributed by atoms with E-state index in [-0.39, 0.29) is 22.2 Å². The van der Waals surface area contributed by atoms with Crippen molar-refractivity contribution in [3.8, 4) is 11.1 Å². The minimum Gasteiger partial charge on any atom is -0.206 e. The molecule has 1 aliphatic carbocycles. The number of hydrogen-bond donors (Lipinski definition) is 0. The van der Waals surface area contributed by atoms with Crippen molar-refractivity contribution in [3.63, 3.8) is 0 Å². The molecule has 4 rings (SSSR count). The minimum absolute atomic E-state index is 0.0556. The van der Waals surface area contributed by atoms with Gasteiger partial charge in [0.25, 0.3) is 5.78 Å². The molecule has 0 radical (unpaired) electrons. The third-order valence-electron chi connectivity index (χ3n) is 4.62. The number of hydrogen-bond acceptors (Lipinski definition) is 3. The Kier molecular flexibility index (Phi) is 3.92. The van der Waals surface area contributed by atoms with E-state index in [9.17, 15) is 8.78 Å². The minimum atomic E-state index is -0.657. The summed E-state index contributed by atoms with van der Waals surface area (Å²) in [6, 6.07) is 3.79. The summed E-state index contributed by atoms with van der Waals surface area (Å²) in [5.41, 5.74) is 0.844. The van der Waals surface area contributed by atoms with Crippen molar-refractivity contribution in [1.29, 1.82) is 0 Å².